The fourth-order valence-corrected chi connectivity index (χ4v) is 3.63. The van der Waals surface area contributed by atoms with Gasteiger partial charge >= 0.3 is 0 Å². The van der Waals surface area contributed by atoms with Gasteiger partial charge in [-0.3, -0.25) is 9.69 Å². The number of ether oxygens (including phenoxy) is 2. The van der Waals surface area contributed by atoms with Crippen LogP contribution in [0.4, 0.5) is 8.78 Å². The summed E-state index contributed by atoms with van der Waals surface area (Å²) in [5.41, 5.74) is 1.12. The molecule has 1 saturated heterocycles. The van der Waals surface area contributed by atoms with Gasteiger partial charge in [0.05, 0.1) is 0 Å². The second kappa shape index (κ2) is 11.8. The van der Waals surface area contributed by atoms with E-state index in [-0.39, 0.29) is 24.3 Å². The van der Waals surface area contributed by atoms with Gasteiger partial charge in [-0.25, -0.2) is 8.78 Å². The van der Waals surface area contributed by atoms with Crippen molar-refractivity contribution in [2.75, 3.05) is 33.4 Å². The van der Waals surface area contributed by atoms with Gasteiger partial charge in [0.1, 0.15) is 24.0 Å². The number of nitrogens with zero attached hydrogens (tertiary/aromatic N) is 1. The summed E-state index contributed by atoms with van der Waals surface area (Å²) in [4.78, 5) is 14.4. The molecule has 0 bridgehead atoms. The maximum atomic E-state index is 13.7. The van der Waals surface area contributed by atoms with E-state index in [9.17, 15) is 13.6 Å². The highest BCUT2D eigenvalue weighted by atomic mass is 19.1. The minimum Gasteiger partial charge on any atom is -0.492 e. The Hall–Kier alpha value is -2.51. The van der Waals surface area contributed by atoms with Crippen LogP contribution < -0.4 is 10.1 Å². The summed E-state index contributed by atoms with van der Waals surface area (Å²) >= 11 is 0. The predicted molar refractivity (Wildman–Crippen MR) is 115 cm³/mol. The number of likely N-dealkylation sites (N-methyl/N-ethyl adjacent to an activating group) is 1. The molecule has 168 valence electrons. The zero-order valence-corrected chi connectivity index (χ0v) is 17.9. The smallest absolute Gasteiger partial charge is 0.220 e. The van der Waals surface area contributed by atoms with Crippen LogP contribution in [-0.4, -0.2) is 50.3 Å². The third-order valence-electron chi connectivity index (χ3n) is 5.54. The van der Waals surface area contributed by atoms with E-state index >= 15 is 0 Å². The number of hydrogen-bond acceptors (Lipinski definition) is 4. The van der Waals surface area contributed by atoms with Crippen molar-refractivity contribution >= 4 is 5.91 Å². The Labute approximate surface area is 182 Å². The monoisotopic (exact) mass is 432 g/mol. The van der Waals surface area contributed by atoms with Crippen molar-refractivity contribution in [2.24, 2.45) is 0 Å². The average molecular weight is 433 g/mol. The van der Waals surface area contributed by atoms with E-state index in [2.05, 4.69) is 17.3 Å². The summed E-state index contributed by atoms with van der Waals surface area (Å²) in [5, 5.41) is 2.82. The molecule has 0 radical (unpaired) electrons. The van der Waals surface area contributed by atoms with Crippen LogP contribution in [0.3, 0.4) is 0 Å². The van der Waals surface area contributed by atoms with Crippen molar-refractivity contribution in [1.82, 2.24) is 10.2 Å². The first-order valence-electron chi connectivity index (χ1n) is 10.7. The number of nitrogens with one attached hydrogen (secondary N) is 1. The Balaban J connectivity index is 1.39. The minimum atomic E-state index is -0.507. The molecule has 2 aromatic rings. The number of amides is 1. The molecule has 31 heavy (non-hydrogen) atoms. The van der Waals surface area contributed by atoms with Crippen LogP contribution >= 0.6 is 0 Å². The summed E-state index contributed by atoms with van der Waals surface area (Å²) < 4.78 is 38.2. The van der Waals surface area contributed by atoms with Gasteiger partial charge in [0.2, 0.25) is 5.91 Å². The maximum absolute atomic E-state index is 13.7. The molecule has 1 N–H and O–H groups in total. The highest BCUT2D eigenvalue weighted by Crippen LogP contribution is 2.16. The molecule has 0 saturated carbocycles. The quantitative estimate of drug-likeness (QED) is 0.622. The molecule has 1 aliphatic heterocycles. The number of benzene rings is 2. The Bertz CT molecular complexity index is 856. The van der Waals surface area contributed by atoms with Crippen molar-refractivity contribution in [3.8, 4) is 5.75 Å². The van der Waals surface area contributed by atoms with E-state index in [0.29, 0.717) is 19.2 Å². The largest absolute Gasteiger partial charge is 0.492 e. The van der Waals surface area contributed by atoms with Crippen LogP contribution in [0.5, 0.6) is 5.75 Å². The summed E-state index contributed by atoms with van der Waals surface area (Å²) in [6, 6.07) is 11.4. The predicted octanol–water partition coefficient (Wildman–Crippen LogP) is 3.70. The fraction of sp³-hybridized carbons (Fsp3) is 0.458. The molecule has 0 aromatic heterocycles. The van der Waals surface area contributed by atoms with Gasteiger partial charge < -0.3 is 14.8 Å². The van der Waals surface area contributed by atoms with Crippen LogP contribution in [0.2, 0.25) is 0 Å². The Kier molecular flexibility index (Phi) is 8.79. The second-order valence-electron chi connectivity index (χ2n) is 7.83. The van der Waals surface area contributed by atoms with Gasteiger partial charge in [-0.05, 0) is 67.8 Å². The van der Waals surface area contributed by atoms with Crippen molar-refractivity contribution < 1.29 is 23.0 Å². The number of carbonyl (C=O) groups is 1. The Morgan fingerprint density at radius 2 is 2.00 bits per heavy atom. The van der Waals surface area contributed by atoms with Gasteiger partial charge in [-0.15, -0.1) is 0 Å². The van der Waals surface area contributed by atoms with E-state index in [4.69, 9.17) is 9.47 Å². The van der Waals surface area contributed by atoms with E-state index in [1.807, 2.05) is 24.3 Å². The molecule has 1 amide bonds. The summed E-state index contributed by atoms with van der Waals surface area (Å²) in [6.45, 7) is 3.41. The summed E-state index contributed by atoms with van der Waals surface area (Å²) in [7, 11) is 2.11. The molecule has 1 fully saturated rings. The van der Waals surface area contributed by atoms with Crippen molar-refractivity contribution in [3.05, 3.63) is 65.2 Å². The van der Waals surface area contributed by atoms with Crippen LogP contribution in [0.15, 0.2) is 42.5 Å². The molecule has 0 aliphatic carbocycles. The summed E-state index contributed by atoms with van der Waals surface area (Å²) in [6.07, 6.45) is 2.35. The first-order valence-corrected chi connectivity index (χ1v) is 10.7. The van der Waals surface area contributed by atoms with Gasteiger partial charge in [-0.2, -0.15) is 0 Å². The Morgan fingerprint density at radius 3 is 2.81 bits per heavy atom. The van der Waals surface area contributed by atoms with Crippen LogP contribution in [0.1, 0.15) is 30.4 Å². The van der Waals surface area contributed by atoms with Gasteiger partial charge in [0.25, 0.3) is 0 Å². The number of aryl methyl sites for hydroxylation is 1. The molecule has 0 unspecified atom stereocenters. The lowest BCUT2D eigenvalue weighted by Crippen LogP contribution is -2.38. The second-order valence-corrected chi connectivity index (χ2v) is 7.83. The maximum Gasteiger partial charge on any atom is 0.220 e. The lowest BCUT2D eigenvalue weighted by molar-refractivity contribution is -0.121. The molecule has 0 atom stereocenters. The zero-order valence-electron chi connectivity index (χ0n) is 17.9. The average Bonchev–Trinajstić information content (AvgIpc) is 2.79. The summed E-state index contributed by atoms with van der Waals surface area (Å²) in [5.74, 6) is -0.462. The fourth-order valence-electron chi connectivity index (χ4n) is 3.63. The highest BCUT2D eigenvalue weighted by molar-refractivity contribution is 5.76. The number of hydrogen-bond donors (Lipinski definition) is 1. The molecule has 3 rings (SSSR count). The third kappa shape index (κ3) is 7.60. The highest BCUT2D eigenvalue weighted by Gasteiger charge is 2.18. The molecular weight excluding hydrogens is 402 g/mol. The normalized spacial score (nSPS) is 14.6. The molecular formula is C24H30F2N2O3. The molecule has 1 aliphatic rings. The third-order valence-corrected chi connectivity index (χ3v) is 5.54. The van der Waals surface area contributed by atoms with E-state index in [1.54, 1.807) is 0 Å². The van der Waals surface area contributed by atoms with Gasteiger partial charge in [0, 0.05) is 38.8 Å². The van der Waals surface area contributed by atoms with Crippen molar-refractivity contribution in [2.45, 2.75) is 38.3 Å². The molecule has 0 spiro atoms. The molecule has 2 aromatic carbocycles. The first kappa shape index (κ1) is 23.2. The molecule has 5 nitrogen and oxygen atoms in total. The van der Waals surface area contributed by atoms with Gasteiger partial charge in [-0.1, -0.05) is 12.1 Å². The molecule has 1 heterocycles. The van der Waals surface area contributed by atoms with E-state index in [1.165, 1.54) is 0 Å². The standard InChI is InChI=1S/C24H30F2N2O3/c1-28(21-9-12-30-13-10-21)11-14-31-22-4-2-3-18(15-22)17-27-24(29)8-5-19-16-20(25)6-7-23(19)26/h2-4,6-7,15-16,21H,5,8-14,17H2,1H3,(H,27,29). The Morgan fingerprint density at radius 1 is 1.19 bits per heavy atom. The number of rotatable bonds is 10. The first-order chi connectivity index (χ1) is 15.0. The van der Waals surface area contributed by atoms with Gasteiger partial charge in [0.15, 0.2) is 0 Å². The lowest BCUT2D eigenvalue weighted by Gasteiger charge is -2.31. The minimum absolute atomic E-state index is 0.0924. The molecule has 7 heteroatoms. The lowest BCUT2D eigenvalue weighted by atomic mass is 10.1. The van der Waals surface area contributed by atoms with Crippen molar-refractivity contribution in [3.63, 3.8) is 0 Å². The van der Waals surface area contributed by atoms with Crippen molar-refractivity contribution in [1.29, 1.82) is 0 Å². The van der Waals surface area contributed by atoms with Crippen LogP contribution in [0.25, 0.3) is 0 Å². The zero-order chi connectivity index (χ0) is 22.1. The number of carbonyl (C=O) groups excluding carboxylic acids is 1. The number of halogens is 2. The SMILES string of the molecule is CN(CCOc1cccc(CNC(=O)CCc2cc(F)ccc2F)c1)C1CCOCC1. The van der Waals surface area contributed by atoms with E-state index < -0.39 is 11.6 Å². The van der Waals surface area contributed by atoms with E-state index in [0.717, 1.165) is 62.1 Å². The van der Waals surface area contributed by atoms with Crippen LogP contribution in [0, 0.1) is 11.6 Å². The van der Waals surface area contributed by atoms with Crippen LogP contribution in [-0.2, 0) is 22.5 Å². The topological polar surface area (TPSA) is 50.8 Å².